The normalized spacial score (nSPS) is 11.1. The van der Waals surface area contributed by atoms with Crippen LogP contribution in [0.3, 0.4) is 0 Å². The zero-order chi connectivity index (χ0) is 16.6. The number of hydrogen-bond acceptors (Lipinski definition) is 5. The van der Waals surface area contributed by atoms with Gasteiger partial charge in [0.05, 0.1) is 4.92 Å². The van der Waals surface area contributed by atoms with Gasteiger partial charge in [0.15, 0.2) is 0 Å². The second-order valence-electron chi connectivity index (χ2n) is 5.33. The summed E-state index contributed by atoms with van der Waals surface area (Å²) >= 11 is 0. The van der Waals surface area contributed by atoms with Crippen LogP contribution in [0.25, 0.3) is 0 Å². The third-order valence-corrected chi connectivity index (χ3v) is 3.62. The van der Waals surface area contributed by atoms with Crippen LogP contribution in [0.15, 0.2) is 51.3 Å². The zero-order valence-corrected chi connectivity index (χ0v) is 12.6. The van der Waals surface area contributed by atoms with Crippen molar-refractivity contribution in [2.24, 2.45) is 0 Å². The molecule has 0 spiro atoms. The van der Waals surface area contributed by atoms with Crippen molar-refractivity contribution in [2.45, 2.75) is 19.8 Å². The average Bonchev–Trinajstić information content (AvgIpc) is 3.10. The first-order valence-corrected chi connectivity index (χ1v) is 7.05. The molecule has 0 aliphatic rings. The minimum absolute atomic E-state index is 0.0521. The zero-order valence-electron chi connectivity index (χ0n) is 12.6. The van der Waals surface area contributed by atoms with Crippen molar-refractivity contribution >= 4 is 5.69 Å². The number of aromatic hydroxyl groups is 1. The number of nitrogens with zero attached hydrogens (tertiary/aromatic N) is 1. The van der Waals surface area contributed by atoms with Crippen molar-refractivity contribution in [3.05, 3.63) is 81.2 Å². The summed E-state index contributed by atoms with van der Waals surface area (Å²) in [6.07, 6.45) is 0. The topological polar surface area (TPSA) is 89.7 Å². The van der Waals surface area contributed by atoms with E-state index in [4.69, 9.17) is 8.83 Å². The van der Waals surface area contributed by atoms with Gasteiger partial charge in [-0.15, -0.1) is 0 Å². The van der Waals surface area contributed by atoms with E-state index in [0.717, 1.165) is 0 Å². The number of nitro groups is 1. The fourth-order valence-corrected chi connectivity index (χ4v) is 2.55. The monoisotopic (exact) mass is 313 g/mol. The summed E-state index contributed by atoms with van der Waals surface area (Å²) < 4.78 is 11.4. The molecule has 23 heavy (non-hydrogen) atoms. The van der Waals surface area contributed by atoms with Gasteiger partial charge in [0, 0.05) is 17.7 Å². The summed E-state index contributed by atoms with van der Waals surface area (Å²) in [7, 11) is 0. The van der Waals surface area contributed by atoms with E-state index in [2.05, 4.69) is 0 Å². The average molecular weight is 313 g/mol. The molecule has 1 aromatic carbocycles. The highest BCUT2D eigenvalue weighted by molar-refractivity contribution is 5.50. The molecule has 0 fully saturated rings. The quantitative estimate of drug-likeness (QED) is 0.573. The predicted octanol–water partition coefficient (Wildman–Crippen LogP) is 4.28. The van der Waals surface area contributed by atoms with E-state index < -0.39 is 10.8 Å². The number of nitro benzene ring substituents is 1. The van der Waals surface area contributed by atoms with Gasteiger partial charge in [0.1, 0.15) is 34.7 Å². The molecular formula is C17H15NO5. The van der Waals surface area contributed by atoms with Gasteiger partial charge < -0.3 is 13.9 Å². The Morgan fingerprint density at radius 3 is 2.00 bits per heavy atom. The molecule has 6 heteroatoms. The van der Waals surface area contributed by atoms with E-state index in [0.29, 0.717) is 28.6 Å². The molecule has 0 bridgehead atoms. The van der Waals surface area contributed by atoms with Crippen molar-refractivity contribution in [2.75, 3.05) is 0 Å². The van der Waals surface area contributed by atoms with Gasteiger partial charge in [-0.05, 0) is 44.2 Å². The van der Waals surface area contributed by atoms with Gasteiger partial charge in [-0.1, -0.05) is 0 Å². The number of hydrogen-bond donors (Lipinski definition) is 1. The molecule has 0 radical (unpaired) electrons. The molecule has 6 nitrogen and oxygen atoms in total. The van der Waals surface area contributed by atoms with Gasteiger partial charge >= 0.3 is 0 Å². The van der Waals surface area contributed by atoms with Crippen molar-refractivity contribution in [1.82, 2.24) is 0 Å². The maximum Gasteiger partial charge on any atom is 0.270 e. The standard InChI is InChI=1S/C17H15NO5/c1-10-3-7-15(22-10)17(16-8-4-11(2)23-16)13-9-12(18(20)21)5-6-14(13)19/h3-9,17,19H,1-2H3. The molecule has 0 saturated carbocycles. The Balaban J connectivity index is 2.19. The Hall–Kier alpha value is -3.02. The second-order valence-corrected chi connectivity index (χ2v) is 5.33. The minimum Gasteiger partial charge on any atom is -0.508 e. The minimum atomic E-state index is -0.558. The lowest BCUT2D eigenvalue weighted by Gasteiger charge is -2.14. The van der Waals surface area contributed by atoms with E-state index in [-0.39, 0.29) is 11.4 Å². The Morgan fingerprint density at radius 1 is 1.00 bits per heavy atom. The molecule has 3 rings (SSSR count). The highest BCUT2D eigenvalue weighted by Crippen LogP contribution is 2.39. The lowest BCUT2D eigenvalue weighted by molar-refractivity contribution is -0.384. The fourth-order valence-electron chi connectivity index (χ4n) is 2.55. The van der Waals surface area contributed by atoms with E-state index in [1.807, 2.05) is 0 Å². The first kappa shape index (κ1) is 14.9. The molecule has 118 valence electrons. The van der Waals surface area contributed by atoms with Gasteiger partial charge in [0.25, 0.3) is 5.69 Å². The lowest BCUT2D eigenvalue weighted by Crippen LogP contribution is -2.02. The lowest BCUT2D eigenvalue weighted by atomic mass is 9.92. The Kier molecular flexibility index (Phi) is 3.65. The van der Waals surface area contributed by atoms with Crippen LogP contribution in [0.1, 0.15) is 34.5 Å². The van der Waals surface area contributed by atoms with E-state index >= 15 is 0 Å². The van der Waals surface area contributed by atoms with Crippen LogP contribution in [-0.4, -0.2) is 10.0 Å². The van der Waals surface area contributed by atoms with Gasteiger partial charge in [-0.25, -0.2) is 0 Å². The largest absolute Gasteiger partial charge is 0.508 e. The van der Waals surface area contributed by atoms with Crippen LogP contribution in [0, 0.1) is 24.0 Å². The van der Waals surface area contributed by atoms with Gasteiger partial charge in [-0.3, -0.25) is 10.1 Å². The van der Waals surface area contributed by atoms with Crippen molar-refractivity contribution in [1.29, 1.82) is 0 Å². The molecule has 0 atom stereocenters. The summed E-state index contributed by atoms with van der Waals surface area (Å²) in [6, 6.07) is 11.1. The van der Waals surface area contributed by atoms with Crippen LogP contribution in [0.2, 0.25) is 0 Å². The summed E-state index contributed by atoms with van der Waals surface area (Å²) in [5.74, 6) is 1.90. The van der Waals surface area contributed by atoms with E-state index in [9.17, 15) is 15.2 Å². The molecule has 0 amide bonds. The van der Waals surface area contributed by atoms with Crippen molar-refractivity contribution in [3.8, 4) is 5.75 Å². The summed E-state index contributed by atoms with van der Waals surface area (Å²) in [4.78, 5) is 10.5. The van der Waals surface area contributed by atoms with Crippen LogP contribution < -0.4 is 0 Å². The molecule has 0 unspecified atom stereocenters. The van der Waals surface area contributed by atoms with E-state index in [1.165, 1.54) is 18.2 Å². The first-order valence-electron chi connectivity index (χ1n) is 7.05. The molecule has 2 heterocycles. The van der Waals surface area contributed by atoms with E-state index in [1.54, 1.807) is 38.1 Å². The Morgan fingerprint density at radius 2 is 1.57 bits per heavy atom. The molecule has 3 aromatic rings. The SMILES string of the molecule is Cc1ccc(C(c2ccc(C)o2)c2cc([N+](=O)[O-])ccc2O)o1. The van der Waals surface area contributed by atoms with Gasteiger partial charge in [0.2, 0.25) is 0 Å². The first-order chi connectivity index (χ1) is 11.0. The predicted molar refractivity (Wildman–Crippen MR) is 82.6 cm³/mol. The smallest absolute Gasteiger partial charge is 0.270 e. The number of aryl methyl sites for hydroxylation is 2. The summed E-state index contributed by atoms with van der Waals surface area (Å²) in [5, 5.41) is 21.3. The Labute approximate surface area is 132 Å². The molecule has 0 saturated heterocycles. The molecule has 0 aliphatic carbocycles. The van der Waals surface area contributed by atoms with Crippen LogP contribution in [0.4, 0.5) is 5.69 Å². The third-order valence-electron chi connectivity index (χ3n) is 3.62. The van der Waals surface area contributed by atoms with Crippen LogP contribution in [0.5, 0.6) is 5.75 Å². The number of rotatable bonds is 4. The number of phenolic OH excluding ortho intramolecular Hbond substituents is 1. The Bertz CT molecular complexity index is 821. The number of phenols is 1. The highest BCUT2D eigenvalue weighted by atomic mass is 16.6. The molecular weight excluding hydrogens is 298 g/mol. The summed E-state index contributed by atoms with van der Waals surface area (Å²) in [5.41, 5.74) is 0.261. The van der Waals surface area contributed by atoms with Crippen molar-refractivity contribution in [3.63, 3.8) is 0 Å². The van der Waals surface area contributed by atoms with Crippen LogP contribution >= 0.6 is 0 Å². The maximum atomic E-state index is 11.0. The fraction of sp³-hybridized carbons (Fsp3) is 0.176. The number of benzene rings is 1. The second kappa shape index (κ2) is 5.64. The number of non-ortho nitro benzene ring substituents is 1. The molecule has 2 aromatic heterocycles. The van der Waals surface area contributed by atoms with Crippen molar-refractivity contribution < 1.29 is 18.9 Å². The summed E-state index contributed by atoms with van der Waals surface area (Å²) in [6.45, 7) is 3.61. The number of furan rings is 2. The maximum absolute atomic E-state index is 11.0. The molecule has 0 aliphatic heterocycles. The van der Waals surface area contributed by atoms with Gasteiger partial charge in [-0.2, -0.15) is 0 Å². The third kappa shape index (κ3) is 2.83. The highest BCUT2D eigenvalue weighted by Gasteiger charge is 2.27. The van der Waals surface area contributed by atoms with Crippen LogP contribution in [-0.2, 0) is 0 Å². The molecule has 1 N–H and O–H groups in total.